The maximum atomic E-state index is 9.78. The van der Waals surface area contributed by atoms with E-state index in [1.54, 1.807) is 7.11 Å². The van der Waals surface area contributed by atoms with Gasteiger partial charge in [-0.3, -0.25) is 0 Å². The molecule has 1 aliphatic carbocycles. The van der Waals surface area contributed by atoms with Crippen molar-refractivity contribution < 1.29 is 9.84 Å². The van der Waals surface area contributed by atoms with E-state index in [0.29, 0.717) is 24.5 Å². The van der Waals surface area contributed by atoms with E-state index >= 15 is 0 Å². The smallest absolute Gasteiger partial charge is 0.226 e. The molecule has 1 atom stereocenters. The number of fused-ring (bicyclic) bond motifs is 3. The largest absolute Gasteiger partial charge is 0.480 e. The Bertz CT molecular complexity index is 977. The molecule has 1 aliphatic rings. The first kappa shape index (κ1) is 14.0. The van der Waals surface area contributed by atoms with Gasteiger partial charge in [-0.1, -0.05) is 36.4 Å². The Balaban J connectivity index is 1.89. The summed E-state index contributed by atoms with van der Waals surface area (Å²) >= 11 is 0. The molecule has 116 valence electrons. The summed E-state index contributed by atoms with van der Waals surface area (Å²) in [7, 11) is 1.62. The minimum Gasteiger partial charge on any atom is -0.480 e. The molecule has 4 rings (SSSR count). The van der Waals surface area contributed by atoms with Crippen LogP contribution in [0.25, 0.3) is 23.2 Å². The van der Waals surface area contributed by atoms with Gasteiger partial charge >= 0.3 is 0 Å². The number of aliphatic hydroxyl groups excluding tert-OH is 1. The number of rotatable bonds is 3. The maximum Gasteiger partial charge on any atom is 0.226 e. The van der Waals surface area contributed by atoms with Crippen LogP contribution in [-0.4, -0.2) is 33.3 Å². The number of hydrogen-bond acceptors (Lipinski definition) is 4. The van der Waals surface area contributed by atoms with Gasteiger partial charge in [0.05, 0.1) is 18.6 Å². The van der Waals surface area contributed by atoms with Crippen LogP contribution in [-0.2, 0) is 6.42 Å². The van der Waals surface area contributed by atoms with Crippen LogP contribution in [0.2, 0.25) is 0 Å². The number of aromatic nitrogens is 3. The first-order chi connectivity index (χ1) is 11.2. The van der Waals surface area contributed by atoms with Gasteiger partial charge in [-0.05, 0) is 18.1 Å². The van der Waals surface area contributed by atoms with Gasteiger partial charge in [-0.15, -0.1) is 0 Å². The zero-order valence-electron chi connectivity index (χ0n) is 12.8. The summed E-state index contributed by atoms with van der Waals surface area (Å²) < 4.78 is 5.49. The van der Waals surface area contributed by atoms with Crippen LogP contribution in [0.15, 0.2) is 30.3 Å². The lowest BCUT2D eigenvalue weighted by molar-refractivity contribution is 0.244. The number of ether oxygens (including phenoxy) is 1. The Morgan fingerprint density at radius 2 is 2.09 bits per heavy atom. The molecule has 2 heterocycles. The molecule has 0 spiro atoms. The van der Waals surface area contributed by atoms with Crippen molar-refractivity contribution >= 4 is 23.2 Å². The standard InChI is InChI=1S/C18H17N3O2/c1-23-18-16-13-8-7-12(22)10-14(13)19-17(16)20-15(21-18)9-11-5-3-2-4-6-11/h2-6,8,10,12,22H,7,9H2,1H3,(H,19,20,21). The van der Waals surface area contributed by atoms with Gasteiger partial charge in [-0.2, -0.15) is 4.98 Å². The van der Waals surface area contributed by atoms with Gasteiger partial charge in [-0.25, -0.2) is 4.98 Å². The summed E-state index contributed by atoms with van der Waals surface area (Å²) in [5, 5.41) is 12.5. The molecular weight excluding hydrogens is 290 g/mol. The normalized spacial score (nSPS) is 16.5. The molecule has 3 aromatic rings. The SMILES string of the molecule is COc1nc(Cc2ccccc2)nc2[nH]c3c(c12)=CCC(O)C=3. The van der Waals surface area contributed by atoms with E-state index < -0.39 is 6.10 Å². The summed E-state index contributed by atoms with van der Waals surface area (Å²) in [5.74, 6) is 1.28. The number of H-pyrrole nitrogens is 1. The van der Waals surface area contributed by atoms with Crippen molar-refractivity contribution in [2.45, 2.75) is 18.9 Å². The minimum atomic E-state index is -0.460. The Labute approximate surface area is 133 Å². The van der Waals surface area contributed by atoms with E-state index in [-0.39, 0.29) is 0 Å². The van der Waals surface area contributed by atoms with Crippen LogP contribution in [0.4, 0.5) is 0 Å². The van der Waals surface area contributed by atoms with Gasteiger partial charge in [0, 0.05) is 17.0 Å². The summed E-state index contributed by atoms with van der Waals surface area (Å²) in [6.07, 6.45) is 4.59. The van der Waals surface area contributed by atoms with E-state index in [1.165, 1.54) is 0 Å². The molecular formula is C18H17N3O2. The van der Waals surface area contributed by atoms with Crippen LogP contribution in [0, 0.1) is 0 Å². The van der Waals surface area contributed by atoms with E-state index in [4.69, 9.17) is 4.74 Å². The molecule has 0 aliphatic heterocycles. The third-order valence-corrected chi connectivity index (χ3v) is 4.06. The summed E-state index contributed by atoms with van der Waals surface area (Å²) in [5.41, 5.74) is 1.90. The van der Waals surface area contributed by atoms with Gasteiger partial charge in [0.25, 0.3) is 0 Å². The summed E-state index contributed by atoms with van der Waals surface area (Å²) in [6, 6.07) is 10.1. The summed E-state index contributed by atoms with van der Waals surface area (Å²) in [6.45, 7) is 0. The Morgan fingerprint density at radius 1 is 1.26 bits per heavy atom. The zero-order valence-corrected chi connectivity index (χ0v) is 12.8. The third kappa shape index (κ3) is 2.49. The van der Waals surface area contributed by atoms with Crippen LogP contribution >= 0.6 is 0 Å². The third-order valence-electron chi connectivity index (χ3n) is 4.06. The van der Waals surface area contributed by atoms with Crippen molar-refractivity contribution in [3.8, 4) is 5.88 Å². The predicted molar refractivity (Wildman–Crippen MR) is 88.5 cm³/mol. The van der Waals surface area contributed by atoms with E-state index in [0.717, 1.165) is 27.2 Å². The highest BCUT2D eigenvalue weighted by Crippen LogP contribution is 2.19. The van der Waals surface area contributed by atoms with Crippen LogP contribution in [0.3, 0.4) is 0 Å². The van der Waals surface area contributed by atoms with Crippen LogP contribution in [0.5, 0.6) is 5.88 Å². The first-order valence-corrected chi connectivity index (χ1v) is 7.61. The number of aromatic amines is 1. The molecule has 5 heteroatoms. The molecule has 5 nitrogen and oxygen atoms in total. The van der Waals surface area contributed by atoms with Crippen molar-refractivity contribution in [2.24, 2.45) is 0 Å². The zero-order chi connectivity index (χ0) is 15.8. The van der Waals surface area contributed by atoms with E-state index in [1.807, 2.05) is 30.4 Å². The number of nitrogens with zero attached hydrogens (tertiary/aromatic N) is 2. The topological polar surface area (TPSA) is 71.0 Å². The van der Waals surface area contributed by atoms with Crippen molar-refractivity contribution in [3.05, 3.63) is 52.3 Å². The van der Waals surface area contributed by atoms with Crippen molar-refractivity contribution in [1.82, 2.24) is 15.0 Å². The minimum absolute atomic E-state index is 0.460. The molecule has 0 amide bonds. The summed E-state index contributed by atoms with van der Waals surface area (Å²) in [4.78, 5) is 12.5. The Morgan fingerprint density at radius 3 is 2.87 bits per heavy atom. The molecule has 23 heavy (non-hydrogen) atoms. The van der Waals surface area contributed by atoms with Crippen molar-refractivity contribution in [3.63, 3.8) is 0 Å². The molecule has 0 saturated heterocycles. The predicted octanol–water partition coefficient (Wildman–Crippen LogP) is 0.883. The second-order valence-electron chi connectivity index (χ2n) is 5.66. The molecule has 2 aromatic heterocycles. The molecule has 0 radical (unpaired) electrons. The molecule has 1 aromatic carbocycles. The van der Waals surface area contributed by atoms with E-state index in [2.05, 4.69) is 27.1 Å². The molecule has 1 unspecified atom stereocenters. The highest BCUT2D eigenvalue weighted by atomic mass is 16.5. The second kappa shape index (κ2) is 5.52. The number of aliphatic hydroxyl groups is 1. The lowest BCUT2D eigenvalue weighted by atomic mass is 10.1. The quantitative estimate of drug-likeness (QED) is 0.754. The highest BCUT2D eigenvalue weighted by Gasteiger charge is 2.15. The molecule has 0 fully saturated rings. The molecule has 2 N–H and O–H groups in total. The monoisotopic (exact) mass is 307 g/mol. The Hall–Kier alpha value is -2.66. The average Bonchev–Trinajstić information content (AvgIpc) is 2.92. The molecule has 0 saturated carbocycles. The Kier molecular flexibility index (Phi) is 3.35. The second-order valence-corrected chi connectivity index (χ2v) is 5.66. The lowest BCUT2D eigenvalue weighted by Crippen LogP contribution is -2.29. The van der Waals surface area contributed by atoms with E-state index in [9.17, 15) is 5.11 Å². The number of nitrogens with one attached hydrogen (secondary N) is 1. The fourth-order valence-electron chi connectivity index (χ4n) is 2.99. The van der Waals surface area contributed by atoms with Gasteiger partial charge in [0.2, 0.25) is 5.88 Å². The number of benzene rings is 1. The number of hydrogen-bond donors (Lipinski definition) is 2. The first-order valence-electron chi connectivity index (χ1n) is 7.61. The number of methoxy groups -OCH3 is 1. The van der Waals surface area contributed by atoms with Crippen molar-refractivity contribution in [1.29, 1.82) is 0 Å². The van der Waals surface area contributed by atoms with Crippen LogP contribution in [0.1, 0.15) is 17.8 Å². The fourth-order valence-corrected chi connectivity index (χ4v) is 2.99. The van der Waals surface area contributed by atoms with Crippen LogP contribution < -0.4 is 15.3 Å². The van der Waals surface area contributed by atoms with Gasteiger partial charge in [0.1, 0.15) is 11.5 Å². The lowest BCUT2D eigenvalue weighted by Gasteiger charge is -2.06. The highest BCUT2D eigenvalue weighted by molar-refractivity contribution is 5.83. The molecule has 0 bridgehead atoms. The average molecular weight is 307 g/mol. The van der Waals surface area contributed by atoms with Gasteiger partial charge in [0.15, 0.2) is 0 Å². The van der Waals surface area contributed by atoms with Gasteiger partial charge < -0.3 is 14.8 Å². The maximum absolute atomic E-state index is 9.78. The fraction of sp³-hybridized carbons (Fsp3) is 0.222. The van der Waals surface area contributed by atoms with Crippen molar-refractivity contribution in [2.75, 3.05) is 7.11 Å².